The zero-order valence-corrected chi connectivity index (χ0v) is 53.5. The van der Waals surface area contributed by atoms with Crippen LogP contribution >= 0.6 is 0 Å². The summed E-state index contributed by atoms with van der Waals surface area (Å²) in [5.74, 6) is -0.959. The van der Waals surface area contributed by atoms with Crippen LogP contribution in [-0.4, -0.2) is 37.2 Å². The summed E-state index contributed by atoms with van der Waals surface area (Å²) in [6.07, 6.45) is 97.6. The van der Waals surface area contributed by atoms with Gasteiger partial charge in [0, 0.05) is 19.3 Å². The van der Waals surface area contributed by atoms with Crippen LogP contribution in [0.2, 0.25) is 0 Å². The third kappa shape index (κ3) is 66.4. The van der Waals surface area contributed by atoms with E-state index in [2.05, 4.69) is 154 Å². The SMILES string of the molecule is CC/C=C\C/C=C\C/C=C\C/C=C\C/C=C\CCCCCCCCCCCCCCCC(=O)OCC(COC(=O)CCC/C=C\C/C=C\C/C=C\C/C=C\C/C=C\CC)OC(=O)CCCCCCCCC/C=C\CCCCCCCCC. The van der Waals surface area contributed by atoms with Crippen LogP contribution in [-0.2, 0) is 28.6 Å². The predicted octanol–water partition coefficient (Wildman–Crippen LogP) is 23.7. The molecule has 0 N–H and O–H groups in total. The number of carbonyl (C=O) groups is 3. The summed E-state index contributed by atoms with van der Waals surface area (Å²) in [5.41, 5.74) is 0. The predicted molar refractivity (Wildman–Crippen MR) is 357 cm³/mol. The molecule has 0 saturated heterocycles. The van der Waals surface area contributed by atoms with Gasteiger partial charge >= 0.3 is 17.9 Å². The molecule has 0 spiro atoms. The van der Waals surface area contributed by atoms with Gasteiger partial charge in [-0.1, -0.05) is 296 Å². The maximum absolute atomic E-state index is 12.9. The van der Waals surface area contributed by atoms with E-state index in [0.29, 0.717) is 19.3 Å². The van der Waals surface area contributed by atoms with E-state index < -0.39 is 6.10 Å². The van der Waals surface area contributed by atoms with Gasteiger partial charge in [0.15, 0.2) is 6.10 Å². The average Bonchev–Trinajstić information content (AvgIpc) is 3.47. The first kappa shape index (κ1) is 77.5. The quantitative estimate of drug-likeness (QED) is 0.0261. The van der Waals surface area contributed by atoms with Crippen LogP contribution in [0.3, 0.4) is 0 Å². The van der Waals surface area contributed by atoms with Gasteiger partial charge in [-0.2, -0.15) is 0 Å². The van der Waals surface area contributed by atoms with E-state index in [0.717, 1.165) is 109 Å². The van der Waals surface area contributed by atoms with Crippen LogP contribution in [0.15, 0.2) is 134 Å². The third-order valence-electron chi connectivity index (χ3n) is 14.4. The molecule has 6 heteroatoms. The van der Waals surface area contributed by atoms with E-state index in [1.807, 2.05) is 0 Å². The number of rotatable bonds is 61. The fourth-order valence-corrected chi connectivity index (χ4v) is 9.32. The molecule has 0 aromatic rings. The van der Waals surface area contributed by atoms with E-state index >= 15 is 0 Å². The number of allylic oxidation sites excluding steroid dienone is 22. The molecule has 0 aliphatic heterocycles. The first-order chi connectivity index (χ1) is 40.5. The first-order valence-electron chi connectivity index (χ1n) is 34.2. The lowest BCUT2D eigenvalue weighted by molar-refractivity contribution is -0.167. The van der Waals surface area contributed by atoms with E-state index in [9.17, 15) is 14.4 Å². The summed E-state index contributed by atoms with van der Waals surface area (Å²) in [6.45, 7) is 6.38. The average molecular weight is 1140 g/mol. The number of unbranched alkanes of at least 4 members (excludes halogenated alkanes) is 28. The second-order valence-corrected chi connectivity index (χ2v) is 22.3. The van der Waals surface area contributed by atoms with Crippen LogP contribution < -0.4 is 0 Å². The Balaban J connectivity index is 4.37. The van der Waals surface area contributed by atoms with E-state index in [-0.39, 0.29) is 37.5 Å². The number of hydrogen-bond acceptors (Lipinski definition) is 6. The summed E-state index contributed by atoms with van der Waals surface area (Å²) < 4.78 is 16.9. The molecule has 466 valence electrons. The molecule has 0 aliphatic rings. The zero-order chi connectivity index (χ0) is 59.2. The molecule has 82 heavy (non-hydrogen) atoms. The monoisotopic (exact) mass is 1130 g/mol. The molecule has 6 nitrogen and oxygen atoms in total. The topological polar surface area (TPSA) is 78.9 Å². The highest BCUT2D eigenvalue weighted by Gasteiger charge is 2.19. The van der Waals surface area contributed by atoms with Crippen molar-refractivity contribution in [2.75, 3.05) is 13.2 Å². The number of esters is 3. The van der Waals surface area contributed by atoms with Crippen molar-refractivity contribution in [2.45, 2.75) is 316 Å². The third-order valence-corrected chi connectivity index (χ3v) is 14.4. The van der Waals surface area contributed by atoms with Crippen LogP contribution in [0.1, 0.15) is 310 Å². The Labute approximate surface area is 506 Å². The summed E-state index contributed by atoms with van der Waals surface area (Å²) in [5, 5.41) is 0. The minimum atomic E-state index is -0.809. The van der Waals surface area contributed by atoms with Crippen molar-refractivity contribution in [3.63, 3.8) is 0 Å². The highest BCUT2D eigenvalue weighted by molar-refractivity contribution is 5.71. The lowest BCUT2D eigenvalue weighted by Gasteiger charge is -2.18. The van der Waals surface area contributed by atoms with Gasteiger partial charge in [-0.3, -0.25) is 14.4 Å². The molecule has 0 aliphatic carbocycles. The van der Waals surface area contributed by atoms with Crippen molar-refractivity contribution in [3.8, 4) is 0 Å². The molecule has 0 fully saturated rings. The van der Waals surface area contributed by atoms with Gasteiger partial charge < -0.3 is 14.2 Å². The van der Waals surface area contributed by atoms with E-state index in [1.165, 1.54) is 154 Å². The lowest BCUT2D eigenvalue weighted by atomic mass is 10.0. The summed E-state index contributed by atoms with van der Waals surface area (Å²) >= 11 is 0. The molecular formula is C76H126O6. The fraction of sp³-hybridized carbons (Fsp3) is 0.671. The molecule has 0 radical (unpaired) electrons. The number of ether oxygens (including phenoxy) is 3. The second kappa shape index (κ2) is 69.0. The molecule has 0 aromatic heterocycles. The Morgan fingerprint density at radius 1 is 0.256 bits per heavy atom. The molecule has 0 rings (SSSR count). The maximum atomic E-state index is 12.9. The van der Waals surface area contributed by atoms with Gasteiger partial charge in [0.2, 0.25) is 0 Å². The summed E-state index contributed by atoms with van der Waals surface area (Å²) in [6, 6.07) is 0. The van der Waals surface area contributed by atoms with Gasteiger partial charge in [-0.25, -0.2) is 0 Å². The van der Waals surface area contributed by atoms with Crippen LogP contribution in [0.4, 0.5) is 0 Å². The largest absolute Gasteiger partial charge is 0.462 e. The molecule has 0 aromatic carbocycles. The maximum Gasteiger partial charge on any atom is 0.306 e. The van der Waals surface area contributed by atoms with Crippen molar-refractivity contribution in [2.24, 2.45) is 0 Å². The Hall–Kier alpha value is -4.45. The van der Waals surface area contributed by atoms with Crippen LogP contribution in [0, 0.1) is 0 Å². The van der Waals surface area contributed by atoms with Gasteiger partial charge in [0.05, 0.1) is 0 Å². The van der Waals surface area contributed by atoms with Crippen LogP contribution in [0.5, 0.6) is 0 Å². The van der Waals surface area contributed by atoms with Gasteiger partial charge in [0.25, 0.3) is 0 Å². The first-order valence-corrected chi connectivity index (χ1v) is 34.2. The summed E-state index contributed by atoms with van der Waals surface area (Å²) in [4.78, 5) is 38.4. The molecular weight excluding hydrogens is 1010 g/mol. The second-order valence-electron chi connectivity index (χ2n) is 22.3. The molecule has 1 unspecified atom stereocenters. The van der Waals surface area contributed by atoms with Crippen molar-refractivity contribution in [1.29, 1.82) is 0 Å². The fourth-order valence-electron chi connectivity index (χ4n) is 9.32. The minimum absolute atomic E-state index is 0.0999. The van der Waals surface area contributed by atoms with Crippen LogP contribution in [0.25, 0.3) is 0 Å². The molecule has 0 saturated carbocycles. The van der Waals surface area contributed by atoms with E-state index in [1.54, 1.807) is 0 Å². The lowest BCUT2D eigenvalue weighted by Crippen LogP contribution is -2.30. The van der Waals surface area contributed by atoms with Crippen molar-refractivity contribution >= 4 is 17.9 Å². The van der Waals surface area contributed by atoms with Gasteiger partial charge in [-0.15, -0.1) is 0 Å². The molecule has 0 bridgehead atoms. The highest BCUT2D eigenvalue weighted by Crippen LogP contribution is 2.16. The molecule has 0 heterocycles. The normalized spacial score (nSPS) is 13.0. The Bertz CT molecular complexity index is 1730. The Morgan fingerprint density at radius 3 is 0.805 bits per heavy atom. The number of hydrogen-bond donors (Lipinski definition) is 0. The van der Waals surface area contributed by atoms with E-state index in [4.69, 9.17) is 14.2 Å². The minimum Gasteiger partial charge on any atom is -0.462 e. The van der Waals surface area contributed by atoms with Gasteiger partial charge in [0.1, 0.15) is 13.2 Å². The standard InChI is InChI=1S/C76H126O6/c1-4-7-10-13-16-19-22-25-28-31-33-34-35-36-37-38-39-40-41-42-43-46-48-51-54-57-60-63-66-69-75(78)81-72-73(71-80-74(77)68-65-62-59-56-53-50-47-44-30-27-24-21-18-15-12-9-6-3)82-76(79)70-67-64-61-58-55-52-49-45-32-29-26-23-20-17-14-11-8-5-2/h7,9-10,12,16,18-19,21,25,27-30,32-34,36-37,47,50,56,59,73H,4-6,8,11,13-15,17,20,22-24,26,31,35,38-46,48-49,51-55,57-58,60-72H2,1-3H3/b10-7-,12-9-,19-16-,21-18-,28-25-,30-27-,32-29-,34-33-,37-36-,50-47-,59-56-. The van der Waals surface area contributed by atoms with Crippen molar-refractivity contribution < 1.29 is 28.6 Å². The zero-order valence-electron chi connectivity index (χ0n) is 53.5. The van der Waals surface area contributed by atoms with Crippen molar-refractivity contribution in [3.05, 3.63) is 134 Å². The van der Waals surface area contributed by atoms with Gasteiger partial charge in [-0.05, 0) is 128 Å². The number of carbonyl (C=O) groups excluding carboxylic acids is 3. The van der Waals surface area contributed by atoms with Crippen molar-refractivity contribution in [1.82, 2.24) is 0 Å². The Kier molecular flexibility index (Phi) is 65.3. The smallest absolute Gasteiger partial charge is 0.306 e. The molecule has 0 amide bonds. The Morgan fingerprint density at radius 2 is 0.488 bits per heavy atom. The molecule has 1 atom stereocenters. The highest BCUT2D eigenvalue weighted by atomic mass is 16.6. The summed E-state index contributed by atoms with van der Waals surface area (Å²) in [7, 11) is 0.